The molecule has 1 atom stereocenters. The predicted octanol–water partition coefficient (Wildman–Crippen LogP) is 2.58. The summed E-state index contributed by atoms with van der Waals surface area (Å²) in [6.07, 6.45) is -1.58. The molecule has 0 saturated heterocycles. The molecular weight excluding hydrogens is 262 g/mol. The summed E-state index contributed by atoms with van der Waals surface area (Å²) >= 11 is 7.04. The van der Waals surface area contributed by atoms with Crippen molar-refractivity contribution in [1.82, 2.24) is 4.98 Å². The van der Waals surface area contributed by atoms with Crippen molar-refractivity contribution >= 4 is 28.9 Å². The van der Waals surface area contributed by atoms with Crippen molar-refractivity contribution in [3.8, 4) is 10.6 Å². The maximum atomic E-state index is 10.6. The molecule has 2 aromatic rings. The topological polar surface area (TPSA) is 70.4 Å². The van der Waals surface area contributed by atoms with E-state index in [9.17, 15) is 9.90 Å². The number of aliphatic hydroxyl groups is 1. The van der Waals surface area contributed by atoms with Crippen molar-refractivity contribution in [1.29, 1.82) is 0 Å². The van der Waals surface area contributed by atoms with E-state index in [1.807, 2.05) is 0 Å². The molecule has 0 aliphatic carbocycles. The summed E-state index contributed by atoms with van der Waals surface area (Å²) < 4.78 is 0. The molecule has 0 saturated carbocycles. The molecule has 0 bridgehead atoms. The minimum atomic E-state index is -1.58. The Labute approximate surface area is 106 Å². The van der Waals surface area contributed by atoms with Gasteiger partial charge in [0.2, 0.25) is 0 Å². The van der Waals surface area contributed by atoms with Crippen molar-refractivity contribution < 1.29 is 15.0 Å². The quantitative estimate of drug-likeness (QED) is 0.898. The standard InChI is InChI=1S/C11H8ClNO3S/c12-7-3-1-6(2-4-7)10-13-8(5-17-10)9(14)11(15)16/h1-5,9,14H,(H,15,16). The molecule has 0 aliphatic heterocycles. The van der Waals surface area contributed by atoms with Gasteiger partial charge in [-0.15, -0.1) is 11.3 Å². The fraction of sp³-hybridized carbons (Fsp3) is 0.0909. The van der Waals surface area contributed by atoms with Crippen LogP contribution in [0, 0.1) is 0 Å². The highest BCUT2D eigenvalue weighted by Crippen LogP contribution is 2.27. The molecule has 0 spiro atoms. The molecule has 0 amide bonds. The van der Waals surface area contributed by atoms with E-state index in [0.717, 1.165) is 5.56 Å². The number of benzene rings is 1. The maximum Gasteiger partial charge on any atom is 0.338 e. The maximum absolute atomic E-state index is 10.6. The molecule has 2 N–H and O–H groups in total. The van der Waals surface area contributed by atoms with Gasteiger partial charge in [0.15, 0.2) is 6.10 Å². The normalized spacial score (nSPS) is 12.4. The zero-order chi connectivity index (χ0) is 12.4. The lowest BCUT2D eigenvalue weighted by Gasteiger charge is -1.99. The van der Waals surface area contributed by atoms with Crippen molar-refractivity contribution in [2.75, 3.05) is 0 Å². The van der Waals surface area contributed by atoms with Gasteiger partial charge in [0, 0.05) is 16.0 Å². The van der Waals surface area contributed by atoms with Gasteiger partial charge in [-0.1, -0.05) is 23.7 Å². The van der Waals surface area contributed by atoms with E-state index in [1.54, 1.807) is 24.3 Å². The zero-order valence-electron chi connectivity index (χ0n) is 8.50. The number of carbonyl (C=O) groups is 1. The number of hydrogen-bond donors (Lipinski definition) is 2. The lowest BCUT2D eigenvalue weighted by molar-refractivity contribution is -0.147. The van der Waals surface area contributed by atoms with Crippen LogP contribution < -0.4 is 0 Å². The molecule has 4 nitrogen and oxygen atoms in total. The highest BCUT2D eigenvalue weighted by molar-refractivity contribution is 7.13. The highest BCUT2D eigenvalue weighted by Gasteiger charge is 2.19. The van der Waals surface area contributed by atoms with Crippen LogP contribution in [-0.4, -0.2) is 21.2 Å². The first kappa shape index (κ1) is 12.0. The molecule has 2 rings (SSSR count). The fourth-order valence-corrected chi connectivity index (χ4v) is 2.23. The second-order valence-corrected chi connectivity index (χ2v) is 4.62. The smallest absolute Gasteiger partial charge is 0.338 e. The fourth-order valence-electron chi connectivity index (χ4n) is 1.26. The first-order chi connectivity index (χ1) is 8.08. The lowest BCUT2D eigenvalue weighted by Crippen LogP contribution is -2.10. The summed E-state index contributed by atoms with van der Waals surface area (Å²) in [7, 11) is 0. The Morgan fingerprint density at radius 1 is 1.35 bits per heavy atom. The number of halogens is 1. The SMILES string of the molecule is O=C(O)C(O)c1csc(-c2ccc(Cl)cc2)n1. The van der Waals surface area contributed by atoms with E-state index in [1.165, 1.54) is 16.7 Å². The van der Waals surface area contributed by atoms with Crippen molar-refractivity contribution in [2.24, 2.45) is 0 Å². The Kier molecular flexibility index (Phi) is 3.42. The molecular formula is C11H8ClNO3S. The summed E-state index contributed by atoms with van der Waals surface area (Å²) in [4.78, 5) is 14.7. The second-order valence-electron chi connectivity index (χ2n) is 3.33. The van der Waals surface area contributed by atoms with Gasteiger partial charge in [-0.25, -0.2) is 9.78 Å². The Morgan fingerprint density at radius 2 is 2.00 bits per heavy atom. The molecule has 17 heavy (non-hydrogen) atoms. The zero-order valence-corrected chi connectivity index (χ0v) is 10.1. The molecule has 0 aliphatic rings. The summed E-state index contributed by atoms with van der Waals surface area (Å²) in [5.74, 6) is -1.31. The number of thiazole rings is 1. The van der Waals surface area contributed by atoms with Crippen LogP contribution in [-0.2, 0) is 4.79 Å². The number of rotatable bonds is 3. The van der Waals surface area contributed by atoms with E-state index in [4.69, 9.17) is 16.7 Å². The Hall–Kier alpha value is -1.43. The van der Waals surface area contributed by atoms with Gasteiger partial charge in [0.05, 0.1) is 5.69 Å². The Bertz CT molecular complexity index is 538. The van der Waals surface area contributed by atoms with E-state index < -0.39 is 12.1 Å². The largest absolute Gasteiger partial charge is 0.479 e. The van der Waals surface area contributed by atoms with E-state index >= 15 is 0 Å². The molecule has 1 aromatic heterocycles. The minimum absolute atomic E-state index is 0.146. The Balaban J connectivity index is 2.29. The summed E-state index contributed by atoms with van der Waals surface area (Å²) in [5.41, 5.74) is 0.982. The third-order valence-corrected chi connectivity index (χ3v) is 3.29. The van der Waals surface area contributed by atoms with Crippen molar-refractivity contribution in [3.63, 3.8) is 0 Å². The number of carboxylic acids is 1. The van der Waals surface area contributed by atoms with Crippen LogP contribution in [0.2, 0.25) is 5.02 Å². The monoisotopic (exact) mass is 269 g/mol. The summed E-state index contributed by atoms with van der Waals surface area (Å²) in [6, 6.07) is 7.04. The molecule has 0 radical (unpaired) electrons. The first-order valence-electron chi connectivity index (χ1n) is 4.70. The number of carboxylic acid groups (broad SMARTS) is 1. The van der Waals surface area contributed by atoms with Gasteiger partial charge >= 0.3 is 5.97 Å². The second kappa shape index (κ2) is 4.83. The lowest BCUT2D eigenvalue weighted by atomic mass is 10.2. The molecule has 6 heteroatoms. The van der Waals surface area contributed by atoms with E-state index in [2.05, 4.69) is 4.98 Å². The van der Waals surface area contributed by atoms with Gasteiger partial charge in [-0.05, 0) is 12.1 Å². The van der Waals surface area contributed by atoms with Crippen LogP contribution in [0.4, 0.5) is 0 Å². The van der Waals surface area contributed by atoms with Crippen molar-refractivity contribution in [2.45, 2.75) is 6.10 Å². The van der Waals surface area contributed by atoms with E-state index in [0.29, 0.717) is 10.0 Å². The van der Waals surface area contributed by atoms with Gasteiger partial charge in [-0.3, -0.25) is 0 Å². The minimum Gasteiger partial charge on any atom is -0.479 e. The first-order valence-corrected chi connectivity index (χ1v) is 5.96. The molecule has 88 valence electrons. The van der Waals surface area contributed by atoms with Gasteiger partial charge < -0.3 is 10.2 Å². The molecule has 1 unspecified atom stereocenters. The van der Waals surface area contributed by atoms with Crippen molar-refractivity contribution in [3.05, 3.63) is 40.4 Å². The highest BCUT2D eigenvalue weighted by atomic mass is 35.5. The number of hydrogen-bond acceptors (Lipinski definition) is 4. The third kappa shape index (κ3) is 2.63. The average molecular weight is 270 g/mol. The average Bonchev–Trinajstić information content (AvgIpc) is 2.78. The van der Waals surface area contributed by atoms with Crippen LogP contribution in [0.15, 0.2) is 29.6 Å². The number of aliphatic hydroxyl groups excluding tert-OH is 1. The number of aliphatic carboxylic acids is 1. The summed E-state index contributed by atoms with van der Waals surface area (Å²) in [5, 5.41) is 20.8. The third-order valence-electron chi connectivity index (χ3n) is 2.13. The van der Waals surface area contributed by atoms with Crippen LogP contribution in [0.1, 0.15) is 11.8 Å². The molecule has 1 aromatic carbocycles. The molecule has 1 heterocycles. The van der Waals surface area contributed by atoms with Crippen LogP contribution >= 0.6 is 22.9 Å². The van der Waals surface area contributed by atoms with Crippen LogP contribution in [0.3, 0.4) is 0 Å². The van der Waals surface area contributed by atoms with Crippen LogP contribution in [0.5, 0.6) is 0 Å². The predicted molar refractivity (Wildman–Crippen MR) is 65.2 cm³/mol. The Morgan fingerprint density at radius 3 is 2.59 bits per heavy atom. The molecule has 0 fully saturated rings. The number of nitrogens with zero attached hydrogens (tertiary/aromatic N) is 1. The number of aromatic nitrogens is 1. The van der Waals surface area contributed by atoms with Crippen LogP contribution in [0.25, 0.3) is 10.6 Å². The summed E-state index contributed by atoms with van der Waals surface area (Å²) in [6.45, 7) is 0. The van der Waals surface area contributed by atoms with Gasteiger partial charge in [-0.2, -0.15) is 0 Å². The van der Waals surface area contributed by atoms with Gasteiger partial charge in [0.1, 0.15) is 5.01 Å². The van der Waals surface area contributed by atoms with Gasteiger partial charge in [0.25, 0.3) is 0 Å². The van der Waals surface area contributed by atoms with E-state index in [-0.39, 0.29) is 5.69 Å².